The molecule has 1 N–H and O–H groups in total. The van der Waals surface area contributed by atoms with Crippen molar-refractivity contribution < 1.29 is 24.0 Å². The van der Waals surface area contributed by atoms with Gasteiger partial charge in [0.1, 0.15) is 0 Å². The van der Waals surface area contributed by atoms with Crippen LogP contribution in [0.15, 0.2) is 71.3 Å². The van der Waals surface area contributed by atoms with Gasteiger partial charge in [0, 0.05) is 46.9 Å². The quantitative estimate of drug-likeness (QED) is 0.291. The third-order valence-corrected chi connectivity index (χ3v) is 6.35. The van der Waals surface area contributed by atoms with E-state index >= 15 is 0 Å². The first-order valence-electron chi connectivity index (χ1n) is 11.1. The van der Waals surface area contributed by atoms with Gasteiger partial charge >= 0.3 is 11.9 Å². The van der Waals surface area contributed by atoms with Gasteiger partial charge in [0.25, 0.3) is 5.69 Å². The van der Waals surface area contributed by atoms with Gasteiger partial charge in [-0.1, -0.05) is 24.3 Å². The minimum Gasteiger partial charge on any atom is -0.463 e. The van der Waals surface area contributed by atoms with E-state index < -0.39 is 22.8 Å². The van der Waals surface area contributed by atoms with Crippen molar-refractivity contribution in [3.63, 3.8) is 0 Å². The van der Waals surface area contributed by atoms with Crippen LogP contribution in [0.2, 0.25) is 0 Å². The molecule has 0 fully saturated rings. The summed E-state index contributed by atoms with van der Waals surface area (Å²) in [6.45, 7) is 5.28. The van der Waals surface area contributed by atoms with E-state index in [-0.39, 0.29) is 35.6 Å². The normalized spacial score (nSPS) is 15.5. The summed E-state index contributed by atoms with van der Waals surface area (Å²) in [5.41, 5.74) is 2.35. The molecule has 0 amide bonds. The first kappa shape index (κ1) is 26.0. The Morgan fingerprint density at radius 2 is 1.74 bits per heavy atom. The van der Waals surface area contributed by atoms with E-state index in [4.69, 9.17) is 9.47 Å². The van der Waals surface area contributed by atoms with Crippen LogP contribution in [0.4, 0.5) is 5.69 Å². The second kappa shape index (κ2) is 12.2. The Hall–Kier alpha value is -3.66. The number of hydrogen-bond donors (Lipinski definition) is 1. The molecule has 1 aromatic heterocycles. The Kier molecular flexibility index (Phi) is 9.02. The first-order chi connectivity index (χ1) is 16.9. The van der Waals surface area contributed by atoms with Crippen molar-refractivity contribution in [2.45, 2.75) is 32.4 Å². The predicted octanol–water partition coefficient (Wildman–Crippen LogP) is 4.26. The highest BCUT2D eigenvalue weighted by molar-refractivity contribution is 7.98. The van der Waals surface area contributed by atoms with Gasteiger partial charge in [0.15, 0.2) is 0 Å². The summed E-state index contributed by atoms with van der Waals surface area (Å²) in [6.07, 6.45) is 3.46. The van der Waals surface area contributed by atoms with Crippen LogP contribution in [0.1, 0.15) is 37.8 Å². The number of carbonyl (C=O) groups excluding carboxylic acids is 2. The zero-order valence-corrected chi connectivity index (χ0v) is 20.6. The average Bonchev–Trinajstić information content (AvgIpc) is 2.84. The fraction of sp³-hybridized carbons (Fsp3) is 0.320. The number of benzene rings is 1. The number of aromatic nitrogens is 1. The van der Waals surface area contributed by atoms with Gasteiger partial charge in [-0.2, -0.15) is 11.8 Å². The summed E-state index contributed by atoms with van der Waals surface area (Å²) in [5, 5.41) is 15.1. The topological polar surface area (TPSA) is 121 Å². The van der Waals surface area contributed by atoms with Crippen LogP contribution in [-0.4, -0.2) is 40.8 Å². The van der Waals surface area contributed by atoms with Crippen LogP contribution in [0.3, 0.4) is 0 Å². The molecule has 0 saturated heterocycles. The standard InChI is InChI=1S/C25H27N3O6S/c1-4-33-24(29)21-16(3)27-19(15-35-14-17-9-8-12-26-13-17)23(25(30)34-5-2)22(21)18-10-6-7-11-20(18)28(31)32/h6-13,22,27H,4-5,14-15H2,1-3H3. The van der Waals surface area contributed by atoms with Gasteiger partial charge in [0.05, 0.1) is 35.2 Å². The second-order valence-electron chi connectivity index (χ2n) is 7.60. The Morgan fingerprint density at radius 1 is 1.06 bits per heavy atom. The molecule has 3 rings (SSSR count). The minimum absolute atomic E-state index is 0.111. The SMILES string of the molecule is CCOC(=O)C1=C(C)NC(CSCc2cccnc2)=C(C(=O)OCC)C1c1ccccc1[N+](=O)[O-]. The number of esters is 2. The van der Waals surface area contributed by atoms with E-state index in [1.54, 1.807) is 63.1 Å². The number of nitro benzene ring substituents is 1. The van der Waals surface area contributed by atoms with Crippen LogP contribution in [0.25, 0.3) is 0 Å². The Morgan fingerprint density at radius 3 is 2.37 bits per heavy atom. The number of hydrogen-bond acceptors (Lipinski definition) is 9. The van der Waals surface area contributed by atoms with Crippen molar-refractivity contribution in [1.29, 1.82) is 0 Å². The molecule has 1 aliphatic heterocycles. The maximum Gasteiger partial charge on any atom is 0.336 e. The number of allylic oxidation sites excluding steroid dienone is 1. The first-order valence-corrected chi connectivity index (χ1v) is 12.3. The summed E-state index contributed by atoms with van der Waals surface area (Å²) in [7, 11) is 0. The average molecular weight is 498 g/mol. The van der Waals surface area contributed by atoms with E-state index in [2.05, 4.69) is 10.3 Å². The molecular formula is C25H27N3O6S. The van der Waals surface area contributed by atoms with E-state index in [1.807, 2.05) is 12.1 Å². The molecular weight excluding hydrogens is 470 g/mol. The lowest BCUT2D eigenvalue weighted by Gasteiger charge is -2.31. The number of thioether (sulfide) groups is 1. The number of nitrogens with zero attached hydrogens (tertiary/aromatic N) is 2. The highest BCUT2D eigenvalue weighted by Gasteiger charge is 2.41. The molecule has 1 aromatic carbocycles. The number of ether oxygens (including phenoxy) is 2. The predicted molar refractivity (Wildman–Crippen MR) is 132 cm³/mol. The van der Waals surface area contributed by atoms with E-state index in [0.717, 1.165) is 5.56 Å². The lowest BCUT2D eigenvalue weighted by atomic mass is 9.79. The number of nitro groups is 1. The molecule has 1 atom stereocenters. The molecule has 0 saturated carbocycles. The molecule has 10 heteroatoms. The van der Waals surface area contributed by atoms with Crippen LogP contribution in [-0.2, 0) is 24.8 Å². The minimum atomic E-state index is -1.02. The maximum absolute atomic E-state index is 13.3. The van der Waals surface area contributed by atoms with Crippen molar-refractivity contribution in [2.75, 3.05) is 19.0 Å². The fourth-order valence-corrected chi connectivity index (χ4v) is 4.84. The summed E-state index contributed by atoms with van der Waals surface area (Å²) < 4.78 is 10.6. The molecule has 2 heterocycles. The number of rotatable bonds is 10. The smallest absolute Gasteiger partial charge is 0.336 e. The zero-order valence-electron chi connectivity index (χ0n) is 19.8. The lowest BCUT2D eigenvalue weighted by molar-refractivity contribution is -0.385. The van der Waals surface area contributed by atoms with Crippen molar-refractivity contribution in [3.05, 3.63) is 92.6 Å². The van der Waals surface area contributed by atoms with Crippen molar-refractivity contribution in [3.8, 4) is 0 Å². The zero-order chi connectivity index (χ0) is 25.4. The van der Waals surface area contributed by atoms with E-state index in [9.17, 15) is 19.7 Å². The lowest BCUT2D eigenvalue weighted by Crippen LogP contribution is -2.34. The largest absolute Gasteiger partial charge is 0.463 e. The van der Waals surface area contributed by atoms with Gasteiger partial charge in [-0.05, 0) is 32.4 Å². The molecule has 0 aliphatic carbocycles. The van der Waals surface area contributed by atoms with Crippen LogP contribution < -0.4 is 5.32 Å². The third kappa shape index (κ3) is 6.07. The summed E-state index contributed by atoms with van der Waals surface area (Å²) in [6, 6.07) is 9.90. The van der Waals surface area contributed by atoms with Crippen molar-refractivity contribution in [1.82, 2.24) is 10.3 Å². The number of dihydropyridines is 1. The number of para-hydroxylation sites is 1. The van der Waals surface area contributed by atoms with Gasteiger partial charge in [-0.25, -0.2) is 9.59 Å². The fourth-order valence-electron chi connectivity index (χ4n) is 3.90. The van der Waals surface area contributed by atoms with Gasteiger partial charge in [0.2, 0.25) is 0 Å². The summed E-state index contributed by atoms with van der Waals surface area (Å²) in [5.74, 6) is -1.30. The van der Waals surface area contributed by atoms with Gasteiger partial charge < -0.3 is 14.8 Å². The number of pyridine rings is 1. The highest BCUT2D eigenvalue weighted by atomic mass is 32.2. The molecule has 0 spiro atoms. The van der Waals surface area contributed by atoms with E-state index in [0.29, 0.717) is 22.9 Å². The molecule has 1 aliphatic rings. The van der Waals surface area contributed by atoms with Crippen molar-refractivity contribution >= 4 is 29.4 Å². The highest BCUT2D eigenvalue weighted by Crippen LogP contribution is 2.43. The van der Waals surface area contributed by atoms with E-state index in [1.165, 1.54) is 6.07 Å². The summed E-state index contributed by atoms with van der Waals surface area (Å²) >= 11 is 1.54. The Balaban J connectivity index is 2.13. The van der Waals surface area contributed by atoms with Crippen LogP contribution in [0.5, 0.6) is 0 Å². The number of carbonyl (C=O) groups is 2. The number of nitrogens with one attached hydrogen (secondary N) is 1. The second-order valence-corrected chi connectivity index (χ2v) is 8.59. The molecule has 184 valence electrons. The van der Waals surface area contributed by atoms with Crippen LogP contribution >= 0.6 is 11.8 Å². The third-order valence-electron chi connectivity index (χ3n) is 5.32. The van der Waals surface area contributed by atoms with Gasteiger partial charge in [-0.3, -0.25) is 15.1 Å². The Bertz CT molecular complexity index is 1160. The monoisotopic (exact) mass is 497 g/mol. The van der Waals surface area contributed by atoms with Crippen molar-refractivity contribution in [2.24, 2.45) is 0 Å². The molecule has 0 bridgehead atoms. The molecule has 0 radical (unpaired) electrons. The Labute approximate surface area is 207 Å². The molecule has 35 heavy (non-hydrogen) atoms. The molecule has 2 aromatic rings. The maximum atomic E-state index is 13.3. The van der Waals surface area contributed by atoms with Gasteiger partial charge in [-0.15, -0.1) is 0 Å². The molecule has 9 nitrogen and oxygen atoms in total. The molecule has 1 unspecified atom stereocenters. The van der Waals surface area contributed by atoms with Crippen LogP contribution in [0, 0.1) is 10.1 Å². The summed E-state index contributed by atoms with van der Waals surface area (Å²) in [4.78, 5) is 41.8.